The van der Waals surface area contributed by atoms with E-state index in [1.165, 1.54) is 0 Å². The van der Waals surface area contributed by atoms with Crippen LogP contribution >= 0.6 is 0 Å². The van der Waals surface area contributed by atoms with E-state index < -0.39 is 30.3 Å². The molecule has 1 heterocycles. The molecule has 1 aliphatic heterocycles. The van der Waals surface area contributed by atoms with E-state index >= 15 is 0 Å². The molecule has 40 heavy (non-hydrogen) atoms. The van der Waals surface area contributed by atoms with Crippen molar-refractivity contribution in [1.29, 1.82) is 0 Å². The Morgan fingerprint density at radius 3 is 2.60 bits per heavy atom. The van der Waals surface area contributed by atoms with Gasteiger partial charge in [-0.3, -0.25) is 4.79 Å². The van der Waals surface area contributed by atoms with Crippen molar-refractivity contribution < 1.29 is 29.1 Å². The van der Waals surface area contributed by atoms with Gasteiger partial charge in [0.05, 0.1) is 11.7 Å². The van der Waals surface area contributed by atoms with Gasteiger partial charge >= 0.3 is 13.1 Å². The number of hydrogen-bond acceptors (Lipinski definition) is 7. The number of hydrogen-bond donors (Lipinski definition) is 3. The van der Waals surface area contributed by atoms with Crippen molar-refractivity contribution in [3.63, 3.8) is 0 Å². The number of rotatable bonds is 8. The summed E-state index contributed by atoms with van der Waals surface area (Å²) in [4.78, 5) is 25.4. The van der Waals surface area contributed by atoms with Gasteiger partial charge in [-0.25, -0.2) is 0 Å². The molecule has 0 radical (unpaired) electrons. The highest BCUT2D eigenvalue weighted by Gasteiger charge is 2.58. The Labute approximate surface area is 240 Å². The minimum absolute atomic E-state index is 0.0240. The van der Waals surface area contributed by atoms with Crippen LogP contribution in [-0.2, 0) is 24.6 Å². The number of ketones is 1. The van der Waals surface area contributed by atoms with E-state index in [9.17, 15) is 19.7 Å². The van der Waals surface area contributed by atoms with Crippen LogP contribution in [0, 0.1) is 28.1 Å². The molecule has 2 bridgehead atoms. The normalized spacial score (nSPS) is 36.7. The number of Topliss-reactive ketones (excluding diaryl/α,β-unsaturated/α-hetero) is 1. The van der Waals surface area contributed by atoms with Crippen LogP contribution in [0.15, 0.2) is 30.9 Å². The Bertz CT molecular complexity index is 1150. The number of esters is 1. The Morgan fingerprint density at radius 2 is 1.95 bits per heavy atom. The van der Waals surface area contributed by atoms with E-state index in [0.717, 1.165) is 31.2 Å². The van der Waals surface area contributed by atoms with Crippen LogP contribution in [0.3, 0.4) is 0 Å². The highest BCUT2D eigenvalue weighted by Crippen LogP contribution is 2.62. The average Bonchev–Trinajstić information content (AvgIpc) is 3.13. The molecular formula is C32H48BNO6. The number of fused-ring (bicyclic) bond motifs is 3. The van der Waals surface area contributed by atoms with Crippen molar-refractivity contribution in [2.75, 3.05) is 11.9 Å². The second kappa shape index (κ2) is 10.9. The maximum atomic E-state index is 13.3. The topological polar surface area (TPSA) is 105 Å². The molecule has 2 fully saturated rings. The molecule has 220 valence electrons. The molecule has 0 saturated heterocycles. The van der Waals surface area contributed by atoms with Crippen molar-refractivity contribution in [3.8, 4) is 0 Å². The van der Waals surface area contributed by atoms with Gasteiger partial charge in [-0.1, -0.05) is 39.8 Å². The molecule has 3 N–H and O–H groups in total. The number of aliphatic hydroxyl groups is 1. The van der Waals surface area contributed by atoms with Crippen molar-refractivity contribution >= 4 is 30.0 Å². The number of aliphatic hydroxyl groups excluding tert-OH is 1. The third-order valence-electron chi connectivity index (χ3n) is 10.9. The van der Waals surface area contributed by atoms with Crippen molar-refractivity contribution in [3.05, 3.63) is 36.4 Å². The minimum atomic E-state index is -1.00. The van der Waals surface area contributed by atoms with Gasteiger partial charge in [-0.2, -0.15) is 0 Å². The lowest BCUT2D eigenvalue weighted by atomic mass is 9.47. The SMILES string of the molecule is C=C[C@]1(C)C[C@@H](OC(=O)CNc2ccc3c(c2)B(O)OC3(C)C)[C@@]2(C)C[C@](CCC(C)=O)(CC[C@H]2C)[C@@H](C)[C@@H]1O. The van der Waals surface area contributed by atoms with Crippen molar-refractivity contribution in [2.45, 2.75) is 105 Å². The monoisotopic (exact) mass is 553 g/mol. The van der Waals surface area contributed by atoms with Gasteiger partial charge in [-0.15, -0.1) is 6.58 Å². The lowest BCUT2D eigenvalue weighted by Crippen LogP contribution is -2.58. The molecule has 7 atom stereocenters. The first-order valence-electron chi connectivity index (χ1n) is 14.8. The molecule has 2 saturated carbocycles. The van der Waals surface area contributed by atoms with Crippen LogP contribution in [0.1, 0.15) is 92.6 Å². The van der Waals surface area contributed by atoms with Crippen LogP contribution in [0.2, 0.25) is 0 Å². The Balaban J connectivity index is 1.57. The largest absolute Gasteiger partial charge is 0.492 e. The molecule has 8 heteroatoms. The zero-order chi connectivity index (χ0) is 29.7. The number of nitrogens with one attached hydrogen (secondary N) is 1. The summed E-state index contributed by atoms with van der Waals surface area (Å²) in [5.41, 5.74) is 0.557. The van der Waals surface area contributed by atoms with E-state index in [4.69, 9.17) is 9.39 Å². The number of anilines is 1. The number of carbonyl (C=O) groups is 2. The summed E-state index contributed by atoms with van der Waals surface area (Å²) in [7, 11) is -1.00. The molecule has 2 aliphatic carbocycles. The molecule has 4 rings (SSSR count). The molecule has 1 aromatic rings. The zero-order valence-corrected chi connectivity index (χ0v) is 25.4. The second-order valence-corrected chi connectivity index (χ2v) is 13.9. The van der Waals surface area contributed by atoms with Crippen molar-refractivity contribution in [1.82, 2.24) is 0 Å². The van der Waals surface area contributed by atoms with Gasteiger partial charge in [0.15, 0.2) is 0 Å². The van der Waals surface area contributed by atoms with Gasteiger partial charge in [0, 0.05) is 22.9 Å². The molecule has 0 amide bonds. The maximum absolute atomic E-state index is 13.3. The highest BCUT2D eigenvalue weighted by atomic mass is 16.5. The van der Waals surface area contributed by atoms with Gasteiger partial charge in [0.2, 0.25) is 0 Å². The van der Waals surface area contributed by atoms with Gasteiger partial charge in [0.1, 0.15) is 18.4 Å². The van der Waals surface area contributed by atoms with Gasteiger partial charge in [-0.05, 0) is 93.3 Å². The fraction of sp³-hybridized carbons (Fsp3) is 0.688. The first kappa shape index (κ1) is 30.8. The fourth-order valence-electron chi connectivity index (χ4n) is 7.79. The Hall–Kier alpha value is -2.16. The summed E-state index contributed by atoms with van der Waals surface area (Å²) >= 11 is 0. The predicted molar refractivity (Wildman–Crippen MR) is 158 cm³/mol. The first-order chi connectivity index (χ1) is 18.6. The van der Waals surface area contributed by atoms with E-state index in [-0.39, 0.29) is 35.0 Å². The smallest absolute Gasteiger partial charge is 0.460 e. The molecule has 1 aromatic carbocycles. The summed E-state index contributed by atoms with van der Waals surface area (Å²) in [6.45, 7) is 18.1. The second-order valence-electron chi connectivity index (χ2n) is 13.9. The third kappa shape index (κ3) is 5.51. The lowest BCUT2D eigenvalue weighted by Gasteiger charge is -2.60. The third-order valence-corrected chi connectivity index (χ3v) is 10.9. The Kier molecular flexibility index (Phi) is 8.41. The van der Waals surface area contributed by atoms with E-state index in [2.05, 4.69) is 32.7 Å². The lowest BCUT2D eigenvalue weighted by molar-refractivity contribution is -0.187. The van der Waals surface area contributed by atoms with E-state index in [0.29, 0.717) is 29.9 Å². The molecule has 7 nitrogen and oxygen atoms in total. The molecule has 0 spiro atoms. The number of ether oxygens (including phenoxy) is 1. The number of carbonyl (C=O) groups excluding carboxylic acids is 2. The number of benzene rings is 1. The van der Waals surface area contributed by atoms with Gasteiger partial charge in [0.25, 0.3) is 0 Å². The summed E-state index contributed by atoms with van der Waals surface area (Å²) in [5.74, 6) is 0.0737. The van der Waals surface area contributed by atoms with E-state index in [1.807, 2.05) is 45.0 Å². The van der Waals surface area contributed by atoms with Crippen LogP contribution in [-0.4, -0.2) is 47.8 Å². The molecule has 0 aromatic heterocycles. The fourth-order valence-corrected chi connectivity index (χ4v) is 7.79. The molecular weight excluding hydrogens is 505 g/mol. The van der Waals surface area contributed by atoms with Crippen LogP contribution < -0.4 is 10.8 Å². The summed E-state index contributed by atoms with van der Waals surface area (Å²) in [6, 6.07) is 5.61. The first-order valence-corrected chi connectivity index (χ1v) is 14.8. The summed E-state index contributed by atoms with van der Waals surface area (Å²) in [5, 5.41) is 25.2. The maximum Gasteiger partial charge on any atom is 0.492 e. The minimum Gasteiger partial charge on any atom is -0.460 e. The Morgan fingerprint density at radius 1 is 1.25 bits per heavy atom. The average molecular weight is 554 g/mol. The predicted octanol–water partition coefficient (Wildman–Crippen LogP) is 4.74. The molecule has 3 aliphatic rings. The van der Waals surface area contributed by atoms with Gasteiger partial charge < -0.3 is 29.6 Å². The zero-order valence-electron chi connectivity index (χ0n) is 25.4. The summed E-state index contributed by atoms with van der Waals surface area (Å²) in [6.07, 6.45) is 5.11. The quantitative estimate of drug-likeness (QED) is 0.243. The van der Waals surface area contributed by atoms with Crippen molar-refractivity contribution in [2.24, 2.45) is 28.1 Å². The van der Waals surface area contributed by atoms with Crippen LogP contribution in [0.4, 0.5) is 5.69 Å². The van der Waals surface area contributed by atoms with Crippen LogP contribution in [0.25, 0.3) is 0 Å². The highest BCUT2D eigenvalue weighted by molar-refractivity contribution is 6.62. The van der Waals surface area contributed by atoms with E-state index in [1.54, 1.807) is 6.92 Å². The van der Waals surface area contributed by atoms with Crippen LogP contribution in [0.5, 0.6) is 0 Å². The standard InChI is InChI=1S/C32H48BNO6/c1-9-30(7)17-26(31(8)19-32(14-12-20(31)2,15-13-21(3)35)22(4)28(30)37)39-27(36)18-34-23-10-11-24-25(16-23)33(38)40-29(24,5)6/h9-11,16,20,22,26,28,34,37-38H,1,12-15,17-19H2,2-8H3/t20-,22+,26-,28+,30-,31+,32-/m1/s1. The molecule has 0 unspecified atom stereocenters. The summed E-state index contributed by atoms with van der Waals surface area (Å²) < 4.78 is 12.0.